The van der Waals surface area contributed by atoms with Gasteiger partial charge in [0.15, 0.2) is 5.96 Å². The van der Waals surface area contributed by atoms with Crippen molar-refractivity contribution in [2.75, 3.05) is 20.7 Å². The van der Waals surface area contributed by atoms with Gasteiger partial charge in [0.1, 0.15) is 10.8 Å². The molecular formula is C17H24N4OS. The molecule has 0 saturated carbocycles. The monoisotopic (exact) mass is 332 g/mol. The first-order chi connectivity index (χ1) is 11.1. The van der Waals surface area contributed by atoms with E-state index in [1.807, 2.05) is 24.4 Å². The second-order valence-corrected chi connectivity index (χ2v) is 6.63. The van der Waals surface area contributed by atoms with Gasteiger partial charge in [-0.2, -0.15) is 0 Å². The van der Waals surface area contributed by atoms with Gasteiger partial charge in [-0.05, 0) is 18.6 Å². The van der Waals surface area contributed by atoms with Crippen LogP contribution in [0.1, 0.15) is 28.3 Å². The Labute approximate surface area is 141 Å². The minimum Gasteiger partial charge on any atom is -0.496 e. The molecule has 2 N–H and O–H groups in total. The highest BCUT2D eigenvalue weighted by Crippen LogP contribution is 2.25. The molecule has 6 heteroatoms. The van der Waals surface area contributed by atoms with Gasteiger partial charge in [0.25, 0.3) is 0 Å². The number of aryl methyl sites for hydroxylation is 1. The molecule has 23 heavy (non-hydrogen) atoms. The SMILES string of the molecule is CN=C(NCc1ncc(C)s1)NCC(C)c1ccccc1OC. The van der Waals surface area contributed by atoms with E-state index in [4.69, 9.17) is 4.74 Å². The number of rotatable bonds is 6. The first-order valence-corrected chi connectivity index (χ1v) is 8.44. The molecule has 124 valence electrons. The van der Waals surface area contributed by atoms with Gasteiger partial charge in [0.05, 0.1) is 13.7 Å². The predicted octanol–water partition coefficient (Wildman–Crippen LogP) is 2.93. The summed E-state index contributed by atoms with van der Waals surface area (Å²) < 4.78 is 5.43. The largest absolute Gasteiger partial charge is 0.496 e. The number of thiazole rings is 1. The van der Waals surface area contributed by atoms with Crippen molar-refractivity contribution < 1.29 is 4.74 Å². The van der Waals surface area contributed by atoms with Crippen LogP contribution in [0.3, 0.4) is 0 Å². The van der Waals surface area contributed by atoms with Crippen molar-refractivity contribution in [3.8, 4) is 5.75 Å². The normalized spacial score (nSPS) is 12.8. The van der Waals surface area contributed by atoms with Crippen molar-refractivity contribution >= 4 is 17.3 Å². The molecule has 0 fully saturated rings. The van der Waals surface area contributed by atoms with Crippen LogP contribution in [0.5, 0.6) is 5.75 Å². The maximum atomic E-state index is 5.43. The number of nitrogens with one attached hydrogen (secondary N) is 2. The van der Waals surface area contributed by atoms with Gasteiger partial charge in [0.2, 0.25) is 0 Å². The van der Waals surface area contributed by atoms with Crippen molar-refractivity contribution in [3.63, 3.8) is 0 Å². The number of methoxy groups -OCH3 is 1. The summed E-state index contributed by atoms with van der Waals surface area (Å²) in [5, 5.41) is 7.70. The zero-order valence-corrected chi connectivity index (χ0v) is 14.9. The first-order valence-electron chi connectivity index (χ1n) is 7.62. The molecule has 1 heterocycles. The highest BCUT2D eigenvalue weighted by atomic mass is 32.1. The van der Waals surface area contributed by atoms with Crippen molar-refractivity contribution in [1.29, 1.82) is 0 Å². The van der Waals surface area contributed by atoms with Crippen molar-refractivity contribution in [1.82, 2.24) is 15.6 Å². The molecule has 0 bridgehead atoms. The number of hydrogen-bond acceptors (Lipinski definition) is 4. The molecule has 0 radical (unpaired) electrons. The van der Waals surface area contributed by atoms with Gasteiger partial charge in [-0.1, -0.05) is 25.1 Å². The van der Waals surface area contributed by atoms with Crippen molar-refractivity contribution in [3.05, 3.63) is 45.9 Å². The standard InChI is InChI=1S/C17H24N4OS/c1-12(14-7-5-6-8-15(14)22-4)9-20-17(18-3)21-11-16-19-10-13(2)23-16/h5-8,10,12H,9,11H2,1-4H3,(H2,18,20,21). The third-order valence-corrected chi connectivity index (χ3v) is 4.46. The molecule has 2 aromatic rings. The Morgan fingerprint density at radius 3 is 2.78 bits per heavy atom. The average Bonchev–Trinajstić information content (AvgIpc) is 3.00. The van der Waals surface area contributed by atoms with E-state index in [-0.39, 0.29) is 0 Å². The molecule has 0 amide bonds. The first kappa shape index (κ1) is 17.3. The Kier molecular flexibility index (Phi) is 6.40. The summed E-state index contributed by atoms with van der Waals surface area (Å²) in [6, 6.07) is 8.11. The maximum absolute atomic E-state index is 5.43. The lowest BCUT2D eigenvalue weighted by atomic mass is 10.0. The maximum Gasteiger partial charge on any atom is 0.191 e. The molecule has 1 aromatic heterocycles. The molecule has 0 spiro atoms. The fourth-order valence-electron chi connectivity index (χ4n) is 2.30. The van der Waals surface area contributed by atoms with Crippen LogP contribution in [0.4, 0.5) is 0 Å². The van der Waals surface area contributed by atoms with Crippen LogP contribution in [0.25, 0.3) is 0 Å². The van der Waals surface area contributed by atoms with E-state index in [1.54, 1.807) is 25.5 Å². The fourth-order valence-corrected chi connectivity index (χ4v) is 3.02. The zero-order valence-electron chi connectivity index (χ0n) is 14.1. The van der Waals surface area contributed by atoms with Crippen LogP contribution in [0.2, 0.25) is 0 Å². The van der Waals surface area contributed by atoms with Crippen LogP contribution in [-0.4, -0.2) is 31.6 Å². The molecule has 2 rings (SSSR count). The number of ether oxygens (including phenoxy) is 1. The lowest BCUT2D eigenvalue weighted by molar-refractivity contribution is 0.406. The molecule has 0 saturated heterocycles. The summed E-state index contributed by atoms with van der Waals surface area (Å²) in [6.45, 7) is 5.68. The molecule has 0 aliphatic carbocycles. The Hall–Kier alpha value is -2.08. The van der Waals surface area contributed by atoms with E-state index in [2.05, 4.69) is 40.5 Å². The number of hydrogen-bond donors (Lipinski definition) is 2. The number of aromatic nitrogens is 1. The van der Waals surface area contributed by atoms with E-state index < -0.39 is 0 Å². The van der Waals surface area contributed by atoms with Crippen molar-refractivity contribution in [2.24, 2.45) is 4.99 Å². The van der Waals surface area contributed by atoms with Crippen LogP contribution in [0.15, 0.2) is 35.5 Å². The van der Waals surface area contributed by atoms with Crippen molar-refractivity contribution in [2.45, 2.75) is 26.3 Å². The molecule has 1 atom stereocenters. The second kappa shape index (κ2) is 8.53. The number of benzene rings is 1. The van der Waals surface area contributed by atoms with E-state index >= 15 is 0 Å². The Balaban J connectivity index is 1.87. The summed E-state index contributed by atoms with van der Waals surface area (Å²) in [4.78, 5) is 9.82. The highest BCUT2D eigenvalue weighted by Gasteiger charge is 2.11. The topological polar surface area (TPSA) is 58.5 Å². The van der Waals surface area contributed by atoms with E-state index in [1.165, 1.54) is 10.4 Å². The Morgan fingerprint density at radius 1 is 1.35 bits per heavy atom. The predicted molar refractivity (Wildman–Crippen MR) is 96.5 cm³/mol. The van der Waals surface area contributed by atoms with Gasteiger partial charge in [-0.25, -0.2) is 4.98 Å². The molecule has 0 aliphatic rings. The summed E-state index contributed by atoms with van der Waals surface area (Å²) in [5.41, 5.74) is 1.19. The summed E-state index contributed by atoms with van der Waals surface area (Å²) >= 11 is 1.69. The second-order valence-electron chi connectivity index (χ2n) is 5.31. The average molecular weight is 332 g/mol. The zero-order chi connectivity index (χ0) is 16.7. The summed E-state index contributed by atoms with van der Waals surface area (Å²) in [5.74, 6) is 2.01. The minimum absolute atomic E-state index is 0.312. The van der Waals surface area contributed by atoms with Gasteiger partial charge in [-0.3, -0.25) is 4.99 Å². The van der Waals surface area contributed by atoms with Crippen LogP contribution in [-0.2, 0) is 6.54 Å². The van der Waals surface area contributed by atoms with E-state index in [0.29, 0.717) is 12.5 Å². The molecule has 1 unspecified atom stereocenters. The number of guanidine groups is 1. The van der Waals surface area contributed by atoms with Crippen LogP contribution >= 0.6 is 11.3 Å². The summed E-state index contributed by atoms with van der Waals surface area (Å²) in [6.07, 6.45) is 1.89. The lowest BCUT2D eigenvalue weighted by Crippen LogP contribution is -2.38. The number of para-hydroxylation sites is 1. The smallest absolute Gasteiger partial charge is 0.191 e. The molecule has 5 nitrogen and oxygen atoms in total. The lowest BCUT2D eigenvalue weighted by Gasteiger charge is -2.18. The van der Waals surface area contributed by atoms with Gasteiger partial charge >= 0.3 is 0 Å². The van der Waals surface area contributed by atoms with Gasteiger partial charge in [0, 0.05) is 30.6 Å². The third kappa shape index (κ3) is 4.96. The Morgan fingerprint density at radius 2 is 2.13 bits per heavy atom. The van der Waals surface area contributed by atoms with Crippen LogP contribution in [0, 0.1) is 6.92 Å². The molecular weight excluding hydrogens is 308 g/mol. The Bertz CT molecular complexity index is 654. The van der Waals surface area contributed by atoms with E-state index in [0.717, 1.165) is 23.3 Å². The quantitative estimate of drug-likeness (QED) is 0.631. The van der Waals surface area contributed by atoms with E-state index in [9.17, 15) is 0 Å². The third-order valence-electron chi connectivity index (χ3n) is 3.55. The summed E-state index contributed by atoms with van der Waals surface area (Å²) in [7, 11) is 3.48. The molecule has 1 aromatic carbocycles. The highest BCUT2D eigenvalue weighted by molar-refractivity contribution is 7.11. The van der Waals surface area contributed by atoms with Gasteiger partial charge < -0.3 is 15.4 Å². The molecule has 0 aliphatic heterocycles. The number of aliphatic imine (C=N–C) groups is 1. The van der Waals surface area contributed by atoms with Crippen LogP contribution < -0.4 is 15.4 Å². The number of nitrogens with zero attached hydrogens (tertiary/aromatic N) is 2. The fraction of sp³-hybridized carbons (Fsp3) is 0.412. The minimum atomic E-state index is 0.312. The van der Waals surface area contributed by atoms with Gasteiger partial charge in [-0.15, -0.1) is 11.3 Å².